The summed E-state index contributed by atoms with van der Waals surface area (Å²) in [7, 11) is 2.41. The van der Waals surface area contributed by atoms with Gasteiger partial charge in [0, 0.05) is 24.5 Å². The second-order valence-electron chi connectivity index (χ2n) is 6.61. The average molecular weight is 457 g/mol. The van der Waals surface area contributed by atoms with Gasteiger partial charge in [-0.1, -0.05) is 33.7 Å². The highest BCUT2D eigenvalue weighted by Gasteiger charge is 2.26. The van der Waals surface area contributed by atoms with E-state index in [1.54, 1.807) is 12.1 Å². The van der Waals surface area contributed by atoms with E-state index in [0.717, 1.165) is 5.56 Å². The molecule has 1 fully saturated rings. The number of carboxylic acids is 1. The van der Waals surface area contributed by atoms with Gasteiger partial charge in [0.1, 0.15) is 17.8 Å². The number of aliphatic carboxylic acids is 1. The number of rotatable bonds is 5. The minimum absolute atomic E-state index is 0.0146. The van der Waals surface area contributed by atoms with Crippen LogP contribution in [0.3, 0.4) is 0 Å². The van der Waals surface area contributed by atoms with Crippen LogP contribution in [-0.2, 0) is 25.6 Å². The van der Waals surface area contributed by atoms with Gasteiger partial charge in [-0.25, -0.2) is 4.79 Å². The van der Waals surface area contributed by atoms with Crippen molar-refractivity contribution in [3.63, 3.8) is 0 Å². The van der Waals surface area contributed by atoms with Crippen LogP contribution in [0.1, 0.15) is 12.0 Å². The molecule has 10 nitrogen and oxygen atoms in total. The lowest BCUT2D eigenvalue weighted by atomic mass is 10.1. The number of nitrogens with two attached hydrogens (primary N) is 1. The Hall–Kier alpha value is -2.44. The van der Waals surface area contributed by atoms with Gasteiger partial charge in [0.15, 0.2) is 0 Å². The first kappa shape index (κ1) is 23.8. The second-order valence-corrected chi connectivity index (χ2v) is 9.16. The third-order valence-corrected chi connectivity index (χ3v) is 6.62. The fourth-order valence-corrected chi connectivity index (χ4v) is 4.86. The molecule has 3 amide bonds. The lowest BCUT2D eigenvalue weighted by Gasteiger charge is -2.22. The summed E-state index contributed by atoms with van der Waals surface area (Å²) in [5, 5.41) is 26.1. The smallest absolute Gasteiger partial charge is 0.327 e. The topological polar surface area (TPSA) is 171 Å². The molecule has 0 saturated carbocycles. The average Bonchev–Trinajstić information content (AvgIpc) is 2.69. The number of phenolic OH excluding ortho intramolecular Hbond substituents is 1. The normalized spacial score (nSPS) is 21.9. The number of benzene rings is 1. The van der Waals surface area contributed by atoms with Crippen LogP contribution in [-0.4, -0.2) is 70.1 Å². The molecule has 1 aromatic rings. The molecule has 30 heavy (non-hydrogen) atoms. The van der Waals surface area contributed by atoms with E-state index >= 15 is 0 Å². The molecule has 1 aliphatic heterocycles. The zero-order valence-corrected chi connectivity index (χ0v) is 17.6. The van der Waals surface area contributed by atoms with E-state index in [4.69, 9.17) is 5.73 Å². The molecule has 12 heteroatoms. The standard InChI is InChI=1S/C18H24N4O6S2/c19-12(7-10-1-3-11(23)4-2-10)16(25)22-13-8-29-30-9-14(18(27)28)21-15(24)5-6-20-17(13)26/h1-4,12-14,23H,5-9,19H2,(H,20,26)(H,21,24)(H,22,25)(H,27,28)/t12-,13-,14-/m0/s1. The van der Waals surface area contributed by atoms with Gasteiger partial charge in [0.05, 0.1) is 6.04 Å². The molecular formula is C18H24N4O6S2. The van der Waals surface area contributed by atoms with E-state index < -0.39 is 41.8 Å². The molecule has 164 valence electrons. The lowest BCUT2D eigenvalue weighted by Crippen LogP contribution is -2.53. The number of carbonyl (C=O) groups excluding carboxylic acids is 3. The molecule has 0 aromatic heterocycles. The van der Waals surface area contributed by atoms with Crippen molar-refractivity contribution >= 4 is 45.3 Å². The van der Waals surface area contributed by atoms with Crippen LogP contribution in [0.25, 0.3) is 0 Å². The van der Waals surface area contributed by atoms with Crippen LogP contribution in [0.2, 0.25) is 0 Å². The molecule has 0 aliphatic carbocycles. The molecule has 1 heterocycles. The minimum Gasteiger partial charge on any atom is -0.508 e. The van der Waals surface area contributed by atoms with E-state index in [1.807, 2.05) is 0 Å². The van der Waals surface area contributed by atoms with Gasteiger partial charge >= 0.3 is 5.97 Å². The second kappa shape index (κ2) is 11.7. The summed E-state index contributed by atoms with van der Waals surface area (Å²) in [6.07, 6.45) is 0.150. The number of carboxylic acid groups (broad SMARTS) is 1. The molecule has 3 atom stereocenters. The summed E-state index contributed by atoms with van der Waals surface area (Å²) in [6, 6.07) is 3.49. The summed E-state index contributed by atoms with van der Waals surface area (Å²) in [5.41, 5.74) is 6.71. The lowest BCUT2D eigenvalue weighted by molar-refractivity contribution is -0.141. The zero-order chi connectivity index (χ0) is 22.1. The minimum atomic E-state index is -1.14. The van der Waals surface area contributed by atoms with Gasteiger partial charge in [-0.05, 0) is 24.1 Å². The SMILES string of the molecule is N[C@@H](Cc1ccc(O)cc1)C(=O)N[C@H]1CSSC[C@@H](C(=O)O)NC(=O)CCNC1=O. The predicted octanol–water partition coefficient (Wildman–Crippen LogP) is -0.782. The van der Waals surface area contributed by atoms with Crippen molar-refractivity contribution in [3.8, 4) is 5.75 Å². The van der Waals surface area contributed by atoms with Gasteiger partial charge in [0.25, 0.3) is 0 Å². The molecule has 0 spiro atoms. The van der Waals surface area contributed by atoms with Gasteiger partial charge < -0.3 is 31.9 Å². The quantitative estimate of drug-likeness (QED) is 0.311. The Morgan fingerprint density at radius 2 is 1.87 bits per heavy atom. The summed E-state index contributed by atoms with van der Waals surface area (Å²) in [6.45, 7) is 0.0146. The van der Waals surface area contributed by atoms with E-state index in [9.17, 15) is 29.4 Å². The third-order valence-electron chi connectivity index (χ3n) is 4.20. The Kier molecular flexibility index (Phi) is 9.27. The highest BCUT2D eigenvalue weighted by Crippen LogP contribution is 2.23. The molecule has 0 radical (unpaired) electrons. The Labute approximate surface area is 181 Å². The van der Waals surface area contributed by atoms with E-state index in [0.29, 0.717) is 0 Å². The molecule has 1 aromatic carbocycles. The maximum atomic E-state index is 12.5. The Balaban J connectivity index is 1.96. The van der Waals surface area contributed by atoms with E-state index in [-0.39, 0.29) is 36.6 Å². The van der Waals surface area contributed by atoms with E-state index in [1.165, 1.54) is 33.7 Å². The number of hydrogen-bond acceptors (Lipinski definition) is 8. The first-order valence-electron chi connectivity index (χ1n) is 9.14. The van der Waals surface area contributed by atoms with Crippen molar-refractivity contribution in [2.45, 2.75) is 31.0 Å². The number of hydrogen-bond donors (Lipinski definition) is 6. The fourth-order valence-electron chi connectivity index (χ4n) is 2.54. The van der Waals surface area contributed by atoms with Crippen LogP contribution >= 0.6 is 21.6 Å². The first-order chi connectivity index (χ1) is 14.3. The van der Waals surface area contributed by atoms with Crippen molar-refractivity contribution in [3.05, 3.63) is 29.8 Å². The summed E-state index contributed by atoms with van der Waals surface area (Å²) in [5.74, 6) is -2.15. The molecule has 0 unspecified atom stereocenters. The number of nitrogens with one attached hydrogen (secondary N) is 3. The fraction of sp³-hybridized carbons (Fsp3) is 0.444. The van der Waals surface area contributed by atoms with Gasteiger partial charge in [0.2, 0.25) is 17.7 Å². The Morgan fingerprint density at radius 3 is 2.53 bits per heavy atom. The molecule has 7 N–H and O–H groups in total. The van der Waals surface area contributed by atoms with Gasteiger partial charge in [-0.2, -0.15) is 0 Å². The van der Waals surface area contributed by atoms with Crippen molar-refractivity contribution in [1.82, 2.24) is 16.0 Å². The van der Waals surface area contributed by atoms with Crippen LogP contribution < -0.4 is 21.7 Å². The third kappa shape index (κ3) is 7.76. The Bertz CT molecular complexity index is 776. The number of amides is 3. The Morgan fingerprint density at radius 1 is 1.20 bits per heavy atom. The summed E-state index contributed by atoms with van der Waals surface area (Å²) < 4.78 is 0. The van der Waals surface area contributed by atoms with Crippen molar-refractivity contribution in [2.24, 2.45) is 5.73 Å². The first-order valence-corrected chi connectivity index (χ1v) is 11.6. The molecular weight excluding hydrogens is 432 g/mol. The number of aromatic hydroxyl groups is 1. The number of phenols is 1. The van der Waals surface area contributed by atoms with Crippen molar-refractivity contribution in [1.29, 1.82) is 0 Å². The van der Waals surface area contributed by atoms with Crippen LogP contribution in [0.5, 0.6) is 5.75 Å². The van der Waals surface area contributed by atoms with Gasteiger partial charge in [-0.15, -0.1) is 0 Å². The summed E-state index contributed by atoms with van der Waals surface area (Å²) >= 11 is 0. The maximum absolute atomic E-state index is 12.5. The largest absolute Gasteiger partial charge is 0.508 e. The monoisotopic (exact) mass is 456 g/mol. The van der Waals surface area contributed by atoms with Crippen LogP contribution in [0.4, 0.5) is 0 Å². The zero-order valence-electron chi connectivity index (χ0n) is 16.0. The molecule has 2 rings (SSSR count). The van der Waals surface area contributed by atoms with Crippen LogP contribution in [0.15, 0.2) is 24.3 Å². The maximum Gasteiger partial charge on any atom is 0.327 e. The van der Waals surface area contributed by atoms with Gasteiger partial charge in [-0.3, -0.25) is 14.4 Å². The highest BCUT2D eigenvalue weighted by atomic mass is 33.1. The number of carbonyl (C=O) groups is 4. The van der Waals surface area contributed by atoms with Crippen molar-refractivity contribution < 1.29 is 29.4 Å². The summed E-state index contributed by atoms with van der Waals surface area (Å²) in [4.78, 5) is 47.9. The predicted molar refractivity (Wildman–Crippen MR) is 114 cm³/mol. The van der Waals surface area contributed by atoms with Crippen LogP contribution in [0, 0.1) is 0 Å². The van der Waals surface area contributed by atoms with E-state index in [2.05, 4.69) is 16.0 Å². The van der Waals surface area contributed by atoms with Crippen molar-refractivity contribution in [2.75, 3.05) is 18.1 Å². The molecule has 1 saturated heterocycles. The molecule has 0 bridgehead atoms. The molecule has 1 aliphatic rings. The highest BCUT2D eigenvalue weighted by molar-refractivity contribution is 8.76.